The molecule has 0 spiro atoms. The van der Waals surface area contributed by atoms with Crippen molar-refractivity contribution in [2.75, 3.05) is 52.9 Å². The van der Waals surface area contributed by atoms with Crippen molar-refractivity contribution in [3.63, 3.8) is 0 Å². The summed E-state index contributed by atoms with van der Waals surface area (Å²) >= 11 is 8.03. The zero-order chi connectivity index (χ0) is 23.4. The Kier molecular flexibility index (Phi) is 8.00. The molecule has 1 aromatic heterocycles. The monoisotopic (exact) mass is 489 g/mol. The van der Waals surface area contributed by atoms with Gasteiger partial charge in [0.25, 0.3) is 0 Å². The van der Waals surface area contributed by atoms with E-state index in [1.165, 1.54) is 10.4 Å². The van der Waals surface area contributed by atoms with Crippen LogP contribution in [0, 0.1) is 19.3 Å². The predicted molar refractivity (Wildman–Crippen MR) is 136 cm³/mol. The molecule has 7 heteroatoms. The number of amides is 1. The number of piperidine rings is 1. The molecule has 1 atom stereocenters. The van der Waals surface area contributed by atoms with E-state index < -0.39 is 0 Å². The Balaban J connectivity index is 1.49. The molecule has 0 saturated carbocycles. The molecule has 2 aromatic rings. The third-order valence-electron chi connectivity index (χ3n) is 7.13. The van der Waals surface area contributed by atoms with Gasteiger partial charge >= 0.3 is 0 Å². The number of carbonyl (C=O) groups excluding carboxylic acids is 1. The number of rotatable bonds is 7. The summed E-state index contributed by atoms with van der Waals surface area (Å²) < 4.78 is 6.34. The lowest BCUT2D eigenvalue weighted by Crippen LogP contribution is -2.52. The summed E-state index contributed by atoms with van der Waals surface area (Å²) in [5.74, 6) is 1.10. The van der Waals surface area contributed by atoms with E-state index in [1.54, 1.807) is 0 Å². The molecule has 2 aliphatic rings. The molecule has 5 nitrogen and oxygen atoms in total. The predicted octanol–water partition coefficient (Wildman–Crippen LogP) is 4.84. The second-order valence-corrected chi connectivity index (χ2v) is 11.3. The van der Waals surface area contributed by atoms with Gasteiger partial charge in [-0.05, 0) is 81.1 Å². The number of thiophene rings is 1. The van der Waals surface area contributed by atoms with Gasteiger partial charge in [0.05, 0.1) is 6.61 Å². The number of hydrogen-bond acceptors (Lipinski definition) is 5. The van der Waals surface area contributed by atoms with Crippen molar-refractivity contribution in [1.82, 2.24) is 14.7 Å². The van der Waals surface area contributed by atoms with E-state index >= 15 is 0 Å². The lowest BCUT2D eigenvalue weighted by molar-refractivity contribution is -0.137. The molecule has 0 N–H and O–H groups in total. The van der Waals surface area contributed by atoms with Crippen molar-refractivity contribution < 1.29 is 9.53 Å². The highest BCUT2D eigenvalue weighted by atomic mass is 35.5. The summed E-state index contributed by atoms with van der Waals surface area (Å²) in [5, 5.41) is 2.92. The molecular weight excluding hydrogens is 454 g/mol. The molecule has 1 amide bonds. The van der Waals surface area contributed by atoms with Crippen molar-refractivity contribution >= 4 is 28.8 Å². The van der Waals surface area contributed by atoms with Crippen LogP contribution in [0.15, 0.2) is 29.6 Å². The van der Waals surface area contributed by atoms with Crippen molar-refractivity contribution in [2.24, 2.45) is 5.41 Å². The summed E-state index contributed by atoms with van der Waals surface area (Å²) in [4.78, 5) is 21.7. The van der Waals surface area contributed by atoms with Gasteiger partial charge in [-0.15, -0.1) is 11.3 Å². The maximum atomic E-state index is 13.4. The van der Waals surface area contributed by atoms with Gasteiger partial charge < -0.3 is 14.5 Å². The Morgan fingerprint density at radius 3 is 2.61 bits per heavy atom. The summed E-state index contributed by atoms with van der Waals surface area (Å²) in [6.07, 6.45) is 2.64. The summed E-state index contributed by atoms with van der Waals surface area (Å²) in [6, 6.07) is 8.01. The minimum atomic E-state index is -0.183. The summed E-state index contributed by atoms with van der Waals surface area (Å²) in [6.45, 7) is 11.2. The van der Waals surface area contributed by atoms with Gasteiger partial charge in [-0.3, -0.25) is 9.69 Å². The molecule has 1 aromatic carbocycles. The highest BCUT2D eigenvalue weighted by Gasteiger charge is 2.40. The Labute approximate surface area is 207 Å². The van der Waals surface area contributed by atoms with Crippen LogP contribution in [0.5, 0.6) is 5.75 Å². The molecule has 0 bridgehead atoms. The van der Waals surface area contributed by atoms with Crippen LogP contribution in [0.2, 0.25) is 5.02 Å². The van der Waals surface area contributed by atoms with Crippen LogP contribution in [-0.2, 0) is 11.3 Å². The molecule has 3 heterocycles. The Morgan fingerprint density at radius 2 is 1.91 bits per heavy atom. The zero-order valence-corrected chi connectivity index (χ0v) is 21.7. The number of halogens is 1. The third-order valence-corrected chi connectivity index (χ3v) is 8.56. The molecular formula is C26H36ClN3O2S. The lowest BCUT2D eigenvalue weighted by atomic mass is 9.77. The standard InChI is InChI=1S/C26H36ClN3O2S/c1-20-7-14-33-24(20)17-29-9-4-8-26(18-29,16-25(31)30-12-10-28(3)11-13-30)19-32-22-5-6-23(27)21(2)15-22/h5-7,14-15H,4,8-13,16-19H2,1-3H3/t26-/m0/s1. The van der Waals surface area contributed by atoms with E-state index in [2.05, 4.69) is 40.1 Å². The van der Waals surface area contributed by atoms with Gasteiger partial charge in [-0.25, -0.2) is 0 Å². The highest BCUT2D eigenvalue weighted by Crippen LogP contribution is 2.37. The van der Waals surface area contributed by atoms with Gasteiger partial charge in [-0.1, -0.05) is 11.6 Å². The van der Waals surface area contributed by atoms with E-state index in [4.69, 9.17) is 16.3 Å². The normalized spacial score (nSPS) is 22.5. The SMILES string of the molecule is Cc1cc(OC[C@]2(CC(=O)N3CCN(C)CC3)CCCN(Cc3sccc3C)C2)ccc1Cl. The van der Waals surface area contributed by atoms with Gasteiger partial charge in [0.2, 0.25) is 5.91 Å². The summed E-state index contributed by atoms with van der Waals surface area (Å²) in [5.41, 5.74) is 2.19. The fraction of sp³-hybridized carbons (Fsp3) is 0.577. The number of benzene rings is 1. The zero-order valence-electron chi connectivity index (χ0n) is 20.1. The maximum Gasteiger partial charge on any atom is 0.223 e. The first kappa shape index (κ1) is 24.5. The van der Waals surface area contributed by atoms with Crippen molar-refractivity contribution in [1.29, 1.82) is 0 Å². The second-order valence-electron chi connectivity index (χ2n) is 9.90. The molecule has 2 fully saturated rings. The van der Waals surface area contributed by atoms with Crippen LogP contribution in [0.1, 0.15) is 35.3 Å². The average Bonchev–Trinajstić information content (AvgIpc) is 3.19. The minimum Gasteiger partial charge on any atom is -0.493 e. The van der Waals surface area contributed by atoms with Gasteiger partial charge in [0, 0.05) is 61.0 Å². The number of piperazine rings is 1. The molecule has 2 aliphatic heterocycles. The van der Waals surface area contributed by atoms with Gasteiger partial charge in [-0.2, -0.15) is 0 Å². The largest absolute Gasteiger partial charge is 0.493 e. The second kappa shape index (κ2) is 10.8. The number of hydrogen-bond donors (Lipinski definition) is 0. The molecule has 180 valence electrons. The lowest BCUT2D eigenvalue weighted by Gasteiger charge is -2.43. The number of likely N-dealkylation sites (N-methyl/N-ethyl adjacent to an activating group) is 1. The van der Waals surface area contributed by atoms with Crippen LogP contribution < -0.4 is 4.74 Å². The van der Waals surface area contributed by atoms with Crippen LogP contribution in [-0.4, -0.2) is 73.5 Å². The highest BCUT2D eigenvalue weighted by molar-refractivity contribution is 7.10. The number of carbonyl (C=O) groups is 1. The Bertz CT molecular complexity index is 957. The van der Waals surface area contributed by atoms with Crippen LogP contribution in [0.25, 0.3) is 0 Å². The van der Waals surface area contributed by atoms with E-state index in [9.17, 15) is 4.79 Å². The van der Waals surface area contributed by atoms with E-state index in [0.717, 1.165) is 75.0 Å². The molecule has 0 aliphatic carbocycles. The Hall–Kier alpha value is -1.60. The van der Waals surface area contributed by atoms with Crippen LogP contribution in [0.3, 0.4) is 0 Å². The Morgan fingerprint density at radius 1 is 1.12 bits per heavy atom. The topological polar surface area (TPSA) is 36.0 Å². The minimum absolute atomic E-state index is 0.183. The van der Waals surface area contributed by atoms with Crippen LogP contribution >= 0.6 is 22.9 Å². The van der Waals surface area contributed by atoms with E-state index in [-0.39, 0.29) is 11.3 Å². The van der Waals surface area contributed by atoms with E-state index in [1.807, 2.05) is 36.5 Å². The summed E-state index contributed by atoms with van der Waals surface area (Å²) in [7, 11) is 2.12. The quantitative estimate of drug-likeness (QED) is 0.557. The number of nitrogens with zero attached hydrogens (tertiary/aromatic N) is 3. The molecule has 4 rings (SSSR count). The third kappa shape index (κ3) is 6.30. The molecule has 2 saturated heterocycles. The molecule has 33 heavy (non-hydrogen) atoms. The number of ether oxygens (including phenoxy) is 1. The first-order chi connectivity index (χ1) is 15.8. The van der Waals surface area contributed by atoms with Crippen molar-refractivity contribution in [2.45, 2.75) is 39.7 Å². The smallest absolute Gasteiger partial charge is 0.223 e. The van der Waals surface area contributed by atoms with Crippen molar-refractivity contribution in [3.8, 4) is 5.75 Å². The van der Waals surface area contributed by atoms with E-state index in [0.29, 0.717) is 13.0 Å². The van der Waals surface area contributed by atoms with Crippen LogP contribution in [0.4, 0.5) is 0 Å². The molecule has 0 unspecified atom stereocenters. The maximum absolute atomic E-state index is 13.4. The first-order valence-electron chi connectivity index (χ1n) is 11.9. The van der Waals surface area contributed by atoms with Gasteiger partial charge in [0.15, 0.2) is 0 Å². The molecule has 0 radical (unpaired) electrons. The fourth-order valence-electron chi connectivity index (χ4n) is 4.96. The number of likely N-dealkylation sites (tertiary alicyclic amines) is 1. The number of aryl methyl sites for hydroxylation is 2. The fourth-order valence-corrected chi connectivity index (χ4v) is 6.02. The first-order valence-corrected chi connectivity index (χ1v) is 13.2. The van der Waals surface area contributed by atoms with Crippen molar-refractivity contribution in [3.05, 3.63) is 50.7 Å². The van der Waals surface area contributed by atoms with Gasteiger partial charge in [0.1, 0.15) is 5.75 Å². The average molecular weight is 490 g/mol.